The number of aryl methyl sites for hydroxylation is 2. The molecule has 0 amide bonds. The summed E-state index contributed by atoms with van der Waals surface area (Å²) in [7, 11) is 0. The van der Waals surface area contributed by atoms with Crippen LogP contribution in [0, 0.1) is 19.8 Å². The molecule has 1 saturated carbocycles. The van der Waals surface area contributed by atoms with E-state index in [9.17, 15) is 13.2 Å². The third-order valence-electron chi connectivity index (χ3n) is 3.92. The van der Waals surface area contributed by atoms with Gasteiger partial charge in [0, 0.05) is 10.5 Å². The summed E-state index contributed by atoms with van der Waals surface area (Å²) in [4.78, 5) is 0. The summed E-state index contributed by atoms with van der Waals surface area (Å²) in [6, 6.07) is 3.92. The lowest BCUT2D eigenvalue weighted by molar-refractivity contribution is -0.182. The van der Waals surface area contributed by atoms with Crippen molar-refractivity contribution in [1.29, 1.82) is 0 Å². The standard InChI is InChI=1S/C15H19BrF3N/c1-9-6-10(2)14(13(16)7-9)20-12-5-3-4-11(8-12)15(17,18)19/h6-7,11-12,20H,3-5,8H2,1-2H3. The van der Waals surface area contributed by atoms with Gasteiger partial charge in [0.15, 0.2) is 0 Å². The Balaban J connectivity index is 2.11. The quantitative estimate of drug-likeness (QED) is 0.732. The Hall–Kier alpha value is -0.710. The summed E-state index contributed by atoms with van der Waals surface area (Å²) in [6.07, 6.45) is -2.21. The van der Waals surface area contributed by atoms with Crippen LogP contribution < -0.4 is 5.32 Å². The van der Waals surface area contributed by atoms with Gasteiger partial charge in [-0.25, -0.2) is 0 Å². The van der Waals surface area contributed by atoms with Gasteiger partial charge >= 0.3 is 6.18 Å². The molecular formula is C15H19BrF3N. The molecular weight excluding hydrogens is 331 g/mol. The van der Waals surface area contributed by atoms with E-state index in [1.807, 2.05) is 26.0 Å². The topological polar surface area (TPSA) is 12.0 Å². The average molecular weight is 350 g/mol. The van der Waals surface area contributed by atoms with Crippen molar-refractivity contribution in [3.8, 4) is 0 Å². The van der Waals surface area contributed by atoms with Crippen molar-refractivity contribution in [3.63, 3.8) is 0 Å². The average Bonchev–Trinajstić information content (AvgIpc) is 2.33. The molecule has 20 heavy (non-hydrogen) atoms. The minimum Gasteiger partial charge on any atom is -0.381 e. The minimum atomic E-state index is -4.07. The van der Waals surface area contributed by atoms with E-state index in [1.54, 1.807) is 0 Å². The molecule has 0 saturated heterocycles. The Kier molecular flexibility index (Phi) is 4.67. The maximum Gasteiger partial charge on any atom is 0.391 e. The van der Waals surface area contributed by atoms with E-state index in [0.29, 0.717) is 6.42 Å². The van der Waals surface area contributed by atoms with Gasteiger partial charge in [-0.05, 0) is 66.2 Å². The Morgan fingerprint density at radius 1 is 1.20 bits per heavy atom. The highest BCUT2D eigenvalue weighted by Gasteiger charge is 2.42. The first-order chi connectivity index (χ1) is 9.27. The molecule has 1 aliphatic carbocycles. The third kappa shape index (κ3) is 3.68. The van der Waals surface area contributed by atoms with Crippen LogP contribution in [-0.4, -0.2) is 12.2 Å². The van der Waals surface area contributed by atoms with Crippen LogP contribution in [0.2, 0.25) is 0 Å². The van der Waals surface area contributed by atoms with E-state index < -0.39 is 12.1 Å². The van der Waals surface area contributed by atoms with Gasteiger partial charge in [-0.3, -0.25) is 0 Å². The summed E-state index contributed by atoms with van der Waals surface area (Å²) in [5.74, 6) is -1.17. The number of alkyl halides is 3. The molecule has 5 heteroatoms. The Morgan fingerprint density at radius 2 is 1.90 bits per heavy atom. The number of anilines is 1. The predicted molar refractivity (Wildman–Crippen MR) is 79.0 cm³/mol. The molecule has 1 nitrogen and oxygen atoms in total. The van der Waals surface area contributed by atoms with Gasteiger partial charge in [-0.2, -0.15) is 13.2 Å². The monoisotopic (exact) mass is 349 g/mol. The zero-order valence-corrected chi connectivity index (χ0v) is 13.2. The number of halogens is 4. The molecule has 1 N–H and O–H groups in total. The third-order valence-corrected chi connectivity index (χ3v) is 4.54. The van der Waals surface area contributed by atoms with Crippen LogP contribution >= 0.6 is 15.9 Å². The van der Waals surface area contributed by atoms with Crippen LogP contribution in [0.25, 0.3) is 0 Å². The smallest absolute Gasteiger partial charge is 0.381 e. The van der Waals surface area contributed by atoms with Crippen molar-refractivity contribution in [2.45, 2.75) is 51.7 Å². The molecule has 0 bridgehead atoms. The highest BCUT2D eigenvalue weighted by atomic mass is 79.9. The fraction of sp³-hybridized carbons (Fsp3) is 0.600. The van der Waals surface area contributed by atoms with Crippen LogP contribution in [0.1, 0.15) is 36.8 Å². The molecule has 2 atom stereocenters. The molecule has 112 valence electrons. The summed E-state index contributed by atoms with van der Waals surface area (Å²) in [6.45, 7) is 3.98. The summed E-state index contributed by atoms with van der Waals surface area (Å²) in [5, 5.41) is 3.30. The van der Waals surface area contributed by atoms with E-state index in [-0.39, 0.29) is 18.9 Å². The van der Waals surface area contributed by atoms with Gasteiger partial charge in [-0.15, -0.1) is 0 Å². The van der Waals surface area contributed by atoms with Gasteiger partial charge < -0.3 is 5.32 Å². The maximum atomic E-state index is 12.8. The predicted octanol–water partition coefficient (Wildman–Crippen LogP) is 5.60. The Morgan fingerprint density at radius 3 is 2.50 bits per heavy atom. The van der Waals surface area contributed by atoms with Crippen molar-refractivity contribution in [2.75, 3.05) is 5.32 Å². The lowest BCUT2D eigenvalue weighted by atomic mass is 9.85. The first kappa shape index (κ1) is 15.7. The molecule has 0 aromatic heterocycles. The van der Waals surface area contributed by atoms with E-state index in [0.717, 1.165) is 27.7 Å². The van der Waals surface area contributed by atoms with E-state index in [1.165, 1.54) is 0 Å². The van der Waals surface area contributed by atoms with Gasteiger partial charge in [-0.1, -0.05) is 12.5 Å². The molecule has 1 aromatic carbocycles. The highest BCUT2D eigenvalue weighted by Crippen LogP contribution is 2.39. The van der Waals surface area contributed by atoms with Crippen LogP contribution in [-0.2, 0) is 0 Å². The minimum absolute atomic E-state index is 0.104. The number of hydrogen-bond donors (Lipinski definition) is 1. The van der Waals surface area contributed by atoms with Crippen LogP contribution in [0.15, 0.2) is 16.6 Å². The zero-order valence-electron chi connectivity index (χ0n) is 11.6. The highest BCUT2D eigenvalue weighted by molar-refractivity contribution is 9.10. The molecule has 1 aromatic rings. The molecule has 2 unspecified atom stereocenters. The van der Waals surface area contributed by atoms with Crippen molar-refractivity contribution in [1.82, 2.24) is 0 Å². The van der Waals surface area contributed by atoms with Crippen molar-refractivity contribution in [2.24, 2.45) is 5.92 Å². The molecule has 0 spiro atoms. The van der Waals surface area contributed by atoms with Crippen LogP contribution in [0.3, 0.4) is 0 Å². The normalized spacial score (nSPS) is 23.7. The first-order valence-corrected chi connectivity index (χ1v) is 7.66. The SMILES string of the molecule is Cc1cc(C)c(NC2CCCC(C(F)(F)F)C2)c(Br)c1. The van der Waals surface area contributed by atoms with Crippen LogP contribution in [0.5, 0.6) is 0 Å². The molecule has 0 aliphatic heterocycles. The molecule has 0 heterocycles. The van der Waals surface area contributed by atoms with Crippen molar-refractivity contribution >= 4 is 21.6 Å². The van der Waals surface area contributed by atoms with Crippen LogP contribution in [0.4, 0.5) is 18.9 Å². The fourth-order valence-corrected chi connectivity index (χ4v) is 3.71. The second-order valence-corrected chi connectivity index (χ2v) is 6.54. The Bertz CT molecular complexity index is 461. The number of rotatable bonds is 2. The van der Waals surface area contributed by atoms with Crippen molar-refractivity contribution < 1.29 is 13.2 Å². The van der Waals surface area contributed by atoms with Gasteiger partial charge in [0.2, 0.25) is 0 Å². The fourth-order valence-electron chi connectivity index (χ4n) is 2.92. The number of benzene rings is 1. The van der Waals surface area contributed by atoms with E-state index >= 15 is 0 Å². The molecule has 0 radical (unpaired) electrons. The first-order valence-electron chi connectivity index (χ1n) is 6.87. The summed E-state index contributed by atoms with van der Waals surface area (Å²) < 4.78 is 39.4. The van der Waals surface area contributed by atoms with E-state index in [2.05, 4.69) is 21.2 Å². The second-order valence-electron chi connectivity index (χ2n) is 5.69. The van der Waals surface area contributed by atoms with Gasteiger partial charge in [0.1, 0.15) is 0 Å². The van der Waals surface area contributed by atoms with Gasteiger partial charge in [0.05, 0.1) is 11.6 Å². The maximum absolute atomic E-state index is 12.8. The summed E-state index contributed by atoms with van der Waals surface area (Å²) >= 11 is 3.49. The molecule has 2 rings (SSSR count). The molecule has 1 fully saturated rings. The number of hydrogen-bond acceptors (Lipinski definition) is 1. The lowest BCUT2D eigenvalue weighted by Gasteiger charge is -2.32. The largest absolute Gasteiger partial charge is 0.391 e. The van der Waals surface area contributed by atoms with E-state index in [4.69, 9.17) is 0 Å². The second kappa shape index (κ2) is 5.96. The van der Waals surface area contributed by atoms with Crippen molar-refractivity contribution in [3.05, 3.63) is 27.7 Å². The summed E-state index contributed by atoms with van der Waals surface area (Å²) in [5.41, 5.74) is 3.12. The lowest BCUT2D eigenvalue weighted by Crippen LogP contribution is -2.34. The zero-order chi connectivity index (χ0) is 14.9. The van der Waals surface area contributed by atoms with Gasteiger partial charge in [0.25, 0.3) is 0 Å². The Labute approximate surface area is 126 Å². The number of nitrogens with one attached hydrogen (secondary N) is 1. The molecule has 1 aliphatic rings.